The maximum absolute atomic E-state index is 12.5. The second-order valence-electron chi connectivity index (χ2n) is 4.54. The maximum atomic E-state index is 12.5. The van der Waals surface area contributed by atoms with E-state index < -0.39 is 17.9 Å². The average Bonchev–Trinajstić information content (AvgIpc) is 2.79. The van der Waals surface area contributed by atoms with E-state index in [2.05, 4.69) is 25.8 Å². The molecule has 3 N–H and O–H groups in total. The molecule has 2 amide bonds. The number of H-pyrrole nitrogens is 1. The SMILES string of the molecule is CCc1[nH]nc(NC(=O)Nc2ccnc(C(F)(F)F)c2)c1C. The average molecular weight is 313 g/mol. The molecule has 2 heterocycles. The first-order valence-electron chi connectivity index (χ1n) is 6.46. The number of pyridine rings is 1. The fraction of sp³-hybridized carbons (Fsp3) is 0.308. The molecular formula is C13H14F3N5O. The van der Waals surface area contributed by atoms with Gasteiger partial charge in [0, 0.05) is 23.1 Å². The summed E-state index contributed by atoms with van der Waals surface area (Å²) in [5, 5.41) is 11.5. The molecule has 0 aliphatic heterocycles. The van der Waals surface area contributed by atoms with Crippen LogP contribution in [0.3, 0.4) is 0 Å². The smallest absolute Gasteiger partial charge is 0.308 e. The Morgan fingerprint density at radius 1 is 1.36 bits per heavy atom. The second kappa shape index (κ2) is 6.04. The lowest BCUT2D eigenvalue weighted by Crippen LogP contribution is -2.20. The second-order valence-corrected chi connectivity index (χ2v) is 4.54. The number of carbonyl (C=O) groups excluding carboxylic acids is 1. The molecule has 0 spiro atoms. The van der Waals surface area contributed by atoms with Crippen LogP contribution in [0.25, 0.3) is 0 Å². The fourth-order valence-corrected chi connectivity index (χ4v) is 1.83. The van der Waals surface area contributed by atoms with Crippen molar-refractivity contribution in [3.05, 3.63) is 35.3 Å². The number of nitrogens with zero attached hydrogens (tertiary/aromatic N) is 2. The Morgan fingerprint density at radius 2 is 2.09 bits per heavy atom. The van der Waals surface area contributed by atoms with Gasteiger partial charge in [-0.2, -0.15) is 18.3 Å². The first-order chi connectivity index (χ1) is 10.3. The van der Waals surface area contributed by atoms with E-state index in [1.807, 2.05) is 6.92 Å². The van der Waals surface area contributed by atoms with Crippen molar-refractivity contribution >= 4 is 17.5 Å². The lowest BCUT2D eigenvalue weighted by molar-refractivity contribution is -0.141. The van der Waals surface area contributed by atoms with Crippen LogP contribution in [-0.2, 0) is 12.6 Å². The molecule has 118 valence electrons. The summed E-state index contributed by atoms with van der Waals surface area (Å²) in [6, 6.07) is 1.34. The number of hydrogen-bond acceptors (Lipinski definition) is 3. The number of nitrogens with one attached hydrogen (secondary N) is 3. The highest BCUT2D eigenvalue weighted by Gasteiger charge is 2.32. The van der Waals surface area contributed by atoms with Crippen molar-refractivity contribution in [1.82, 2.24) is 15.2 Å². The van der Waals surface area contributed by atoms with Crippen molar-refractivity contribution in [1.29, 1.82) is 0 Å². The molecule has 0 saturated carbocycles. The monoisotopic (exact) mass is 313 g/mol. The number of urea groups is 1. The molecular weight excluding hydrogens is 299 g/mol. The first-order valence-corrected chi connectivity index (χ1v) is 6.46. The van der Waals surface area contributed by atoms with E-state index >= 15 is 0 Å². The van der Waals surface area contributed by atoms with Gasteiger partial charge in [-0.05, 0) is 25.5 Å². The van der Waals surface area contributed by atoms with E-state index in [-0.39, 0.29) is 5.69 Å². The number of aryl methyl sites for hydroxylation is 1. The normalized spacial score (nSPS) is 11.3. The fourth-order valence-electron chi connectivity index (χ4n) is 1.83. The van der Waals surface area contributed by atoms with Crippen molar-refractivity contribution in [2.24, 2.45) is 0 Å². The van der Waals surface area contributed by atoms with E-state index in [1.165, 1.54) is 6.07 Å². The summed E-state index contributed by atoms with van der Waals surface area (Å²) in [6.45, 7) is 3.71. The zero-order valence-electron chi connectivity index (χ0n) is 11.9. The van der Waals surface area contributed by atoms with Gasteiger partial charge in [-0.1, -0.05) is 6.92 Å². The standard InChI is InChI=1S/C13H14F3N5O/c1-3-9-7(2)11(21-20-9)19-12(22)18-8-4-5-17-10(6-8)13(14,15)16/h4-6H,3H2,1-2H3,(H3,17,18,19,20,21,22). The minimum Gasteiger partial charge on any atom is -0.308 e. The number of amides is 2. The Kier molecular flexibility index (Phi) is 4.34. The Bertz CT molecular complexity index is 681. The van der Waals surface area contributed by atoms with E-state index in [4.69, 9.17) is 0 Å². The van der Waals surface area contributed by atoms with Crippen LogP contribution in [0.1, 0.15) is 23.9 Å². The molecule has 22 heavy (non-hydrogen) atoms. The predicted octanol–water partition coefficient (Wildman–Crippen LogP) is 3.34. The number of carbonyl (C=O) groups is 1. The summed E-state index contributed by atoms with van der Waals surface area (Å²) < 4.78 is 37.6. The maximum Gasteiger partial charge on any atom is 0.433 e. The zero-order chi connectivity index (χ0) is 16.3. The molecule has 2 aromatic heterocycles. The predicted molar refractivity (Wildman–Crippen MR) is 74.6 cm³/mol. The van der Waals surface area contributed by atoms with Crippen LogP contribution in [-0.4, -0.2) is 21.2 Å². The van der Waals surface area contributed by atoms with E-state index in [1.54, 1.807) is 6.92 Å². The van der Waals surface area contributed by atoms with E-state index in [9.17, 15) is 18.0 Å². The molecule has 0 aliphatic rings. The molecule has 0 radical (unpaired) electrons. The third kappa shape index (κ3) is 3.54. The third-order valence-corrected chi connectivity index (χ3v) is 3.00. The molecule has 2 aromatic rings. The number of rotatable bonds is 3. The van der Waals surface area contributed by atoms with Crippen molar-refractivity contribution in [2.75, 3.05) is 10.6 Å². The zero-order valence-corrected chi connectivity index (χ0v) is 11.9. The Morgan fingerprint density at radius 3 is 2.68 bits per heavy atom. The van der Waals surface area contributed by atoms with E-state index in [0.717, 1.165) is 29.9 Å². The number of alkyl halides is 3. The highest BCUT2D eigenvalue weighted by atomic mass is 19.4. The van der Waals surface area contributed by atoms with Gasteiger partial charge in [-0.3, -0.25) is 15.4 Å². The minimum absolute atomic E-state index is 0.0104. The van der Waals surface area contributed by atoms with Crippen molar-refractivity contribution in [3.63, 3.8) is 0 Å². The summed E-state index contributed by atoms with van der Waals surface area (Å²) in [6.07, 6.45) is -2.86. The summed E-state index contributed by atoms with van der Waals surface area (Å²) in [7, 11) is 0. The molecule has 0 aliphatic carbocycles. The van der Waals surface area contributed by atoms with Crippen LogP contribution >= 0.6 is 0 Å². The van der Waals surface area contributed by atoms with Gasteiger partial charge in [-0.15, -0.1) is 0 Å². The van der Waals surface area contributed by atoms with Gasteiger partial charge in [0.2, 0.25) is 0 Å². The van der Waals surface area contributed by atoms with Crippen LogP contribution in [0.15, 0.2) is 18.3 Å². The van der Waals surface area contributed by atoms with Crippen molar-refractivity contribution < 1.29 is 18.0 Å². The quantitative estimate of drug-likeness (QED) is 0.812. The molecule has 0 unspecified atom stereocenters. The number of halogens is 3. The molecule has 0 saturated heterocycles. The summed E-state index contributed by atoms with van der Waals surface area (Å²) in [5.41, 5.74) is 0.570. The van der Waals surface area contributed by atoms with Gasteiger partial charge in [0.25, 0.3) is 0 Å². The molecule has 0 bridgehead atoms. The molecule has 0 fully saturated rings. The van der Waals surface area contributed by atoms with Crippen LogP contribution < -0.4 is 10.6 Å². The topological polar surface area (TPSA) is 82.7 Å². The third-order valence-electron chi connectivity index (χ3n) is 3.00. The lowest BCUT2D eigenvalue weighted by atomic mass is 10.2. The highest BCUT2D eigenvalue weighted by molar-refractivity contribution is 5.99. The summed E-state index contributed by atoms with van der Waals surface area (Å²) in [4.78, 5) is 15.0. The molecule has 2 rings (SSSR count). The Balaban J connectivity index is 2.07. The molecule has 9 heteroatoms. The van der Waals surface area contributed by atoms with Gasteiger partial charge in [0.05, 0.1) is 0 Å². The highest BCUT2D eigenvalue weighted by Crippen LogP contribution is 2.28. The van der Waals surface area contributed by atoms with Crippen LogP contribution in [0.4, 0.5) is 29.5 Å². The molecule has 6 nitrogen and oxygen atoms in total. The number of hydrogen-bond donors (Lipinski definition) is 3. The Hall–Kier alpha value is -2.58. The van der Waals surface area contributed by atoms with Crippen LogP contribution in [0.5, 0.6) is 0 Å². The molecule has 0 aromatic carbocycles. The van der Waals surface area contributed by atoms with Crippen molar-refractivity contribution in [3.8, 4) is 0 Å². The van der Waals surface area contributed by atoms with Gasteiger partial charge >= 0.3 is 12.2 Å². The number of aromatic amines is 1. The van der Waals surface area contributed by atoms with E-state index in [0.29, 0.717) is 5.82 Å². The Labute approximate surface area is 124 Å². The first kappa shape index (κ1) is 15.8. The minimum atomic E-state index is -4.57. The number of anilines is 2. The van der Waals surface area contributed by atoms with Crippen LogP contribution in [0, 0.1) is 6.92 Å². The van der Waals surface area contributed by atoms with Gasteiger partial charge in [-0.25, -0.2) is 4.79 Å². The summed E-state index contributed by atoms with van der Waals surface area (Å²) in [5.74, 6) is 0.333. The van der Waals surface area contributed by atoms with Crippen LogP contribution in [0.2, 0.25) is 0 Å². The van der Waals surface area contributed by atoms with Gasteiger partial charge in [0.15, 0.2) is 5.82 Å². The summed E-state index contributed by atoms with van der Waals surface area (Å²) >= 11 is 0. The van der Waals surface area contributed by atoms with Gasteiger partial charge in [0.1, 0.15) is 5.69 Å². The number of aromatic nitrogens is 3. The lowest BCUT2D eigenvalue weighted by Gasteiger charge is -2.09. The molecule has 0 atom stereocenters. The van der Waals surface area contributed by atoms with Crippen molar-refractivity contribution in [2.45, 2.75) is 26.4 Å². The largest absolute Gasteiger partial charge is 0.433 e. The van der Waals surface area contributed by atoms with Gasteiger partial charge < -0.3 is 5.32 Å².